The molecule has 0 saturated carbocycles. The predicted octanol–water partition coefficient (Wildman–Crippen LogP) is 4.24. The van der Waals surface area contributed by atoms with Crippen molar-refractivity contribution >= 4 is 33.3 Å². The Morgan fingerprint density at radius 1 is 1.14 bits per heavy atom. The minimum atomic E-state index is -3.75. The van der Waals surface area contributed by atoms with Crippen LogP contribution >= 0.6 is 11.6 Å². The average Bonchev–Trinajstić information content (AvgIpc) is 3.09. The Kier molecular flexibility index (Phi) is 5.95. The lowest BCUT2D eigenvalue weighted by molar-refractivity contribution is 0.0732. The number of hydrogen-bond acceptors (Lipinski definition) is 6. The van der Waals surface area contributed by atoms with Gasteiger partial charge in [0.15, 0.2) is 0 Å². The van der Waals surface area contributed by atoms with Crippen molar-refractivity contribution in [3.63, 3.8) is 0 Å². The number of aryl methyl sites for hydroxylation is 2. The molecule has 0 fully saturated rings. The summed E-state index contributed by atoms with van der Waals surface area (Å²) in [6.45, 7) is 3.50. The number of anilines is 1. The van der Waals surface area contributed by atoms with E-state index < -0.39 is 16.0 Å². The SMILES string of the molecule is CCc1noc(C)c1C(=O)Oc1ccc(N(C)S(=O)(=O)c2ccc(Cl)cc2)cc1. The van der Waals surface area contributed by atoms with Crippen molar-refractivity contribution in [3.8, 4) is 5.75 Å². The Labute approximate surface area is 173 Å². The molecule has 1 heterocycles. The van der Waals surface area contributed by atoms with E-state index in [-0.39, 0.29) is 10.6 Å². The third kappa shape index (κ3) is 4.28. The van der Waals surface area contributed by atoms with Crippen LogP contribution in [0.4, 0.5) is 5.69 Å². The molecule has 3 rings (SSSR count). The zero-order valence-corrected chi connectivity index (χ0v) is 17.6. The first kappa shape index (κ1) is 20.9. The molecule has 2 aromatic carbocycles. The van der Waals surface area contributed by atoms with Crippen LogP contribution in [0.1, 0.15) is 28.7 Å². The van der Waals surface area contributed by atoms with E-state index in [1.807, 2.05) is 6.92 Å². The fourth-order valence-electron chi connectivity index (χ4n) is 2.71. The Balaban J connectivity index is 1.78. The van der Waals surface area contributed by atoms with Gasteiger partial charge in [-0.15, -0.1) is 0 Å². The van der Waals surface area contributed by atoms with E-state index in [0.29, 0.717) is 34.1 Å². The number of carbonyl (C=O) groups is 1. The Hall–Kier alpha value is -2.84. The molecule has 0 radical (unpaired) electrons. The molecule has 0 bridgehead atoms. The maximum absolute atomic E-state index is 12.8. The number of aromatic nitrogens is 1. The van der Waals surface area contributed by atoms with Gasteiger partial charge in [0.25, 0.3) is 10.0 Å². The van der Waals surface area contributed by atoms with Crippen LogP contribution in [0.5, 0.6) is 5.75 Å². The average molecular weight is 435 g/mol. The van der Waals surface area contributed by atoms with E-state index in [0.717, 1.165) is 4.31 Å². The third-order valence-electron chi connectivity index (χ3n) is 4.36. The summed E-state index contributed by atoms with van der Waals surface area (Å²) in [5.74, 6) is 0.0893. The minimum absolute atomic E-state index is 0.120. The van der Waals surface area contributed by atoms with E-state index in [1.54, 1.807) is 19.1 Å². The van der Waals surface area contributed by atoms with Crippen LogP contribution in [-0.4, -0.2) is 26.6 Å². The van der Waals surface area contributed by atoms with Crippen LogP contribution in [0.3, 0.4) is 0 Å². The number of ether oxygens (including phenoxy) is 1. The van der Waals surface area contributed by atoms with Gasteiger partial charge in [-0.1, -0.05) is 23.7 Å². The molecule has 0 aliphatic heterocycles. The summed E-state index contributed by atoms with van der Waals surface area (Å²) in [5, 5.41) is 4.29. The molecule has 0 aliphatic carbocycles. The van der Waals surface area contributed by atoms with Crippen LogP contribution < -0.4 is 9.04 Å². The van der Waals surface area contributed by atoms with Crippen LogP contribution in [0.15, 0.2) is 57.9 Å². The molecule has 9 heteroatoms. The van der Waals surface area contributed by atoms with Crippen molar-refractivity contribution in [2.24, 2.45) is 0 Å². The largest absolute Gasteiger partial charge is 0.423 e. The van der Waals surface area contributed by atoms with Crippen LogP contribution in [-0.2, 0) is 16.4 Å². The topological polar surface area (TPSA) is 89.7 Å². The molecule has 0 saturated heterocycles. The van der Waals surface area contributed by atoms with Crippen LogP contribution in [0, 0.1) is 6.92 Å². The zero-order valence-electron chi connectivity index (χ0n) is 16.0. The lowest BCUT2D eigenvalue weighted by atomic mass is 10.1. The van der Waals surface area contributed by atoms with Gasteiger partial charge < -0.3 is 9.26 Å². The normalized spacial score (nSPS) is 11.3. The highest BCUT2D eigenvalue weighted by molar-refractivity contribution is 7.92. The van der Waals surface area contributed by atoms with E-state index in [9.17, 15) is 13.2 Å². The number of rotatable bonds is 6. The second kappa shape index (κ2) is 8.26. The molecular formula is C20H19ClN2O5S. The molecule has 1 aromatic heterocycles. The summed E-state index contributed by atoms with van der Waals surface area (Å²) in [7, 11) is -2.31. The Morgan fingerprint density at radius 3 is 2.34 bits per heavy atom. The number of hydrogen-bond donors (Lipinski definition) is 0. The highest BCUT2D eigenvalue weighted by Gasteiger charge is 2.23. The van der Waals surface area contributed by atoms with Gasteiger partial charge in [0.1, 0.15) is 17.1 Å². The van der Waals surface area contributed by atoms with E-state index in [4.69, 9.17) is 20.9 Å². The fourth-order valence-corrected chi connectivity index (χ4v) is 4.03. The summed E-state index contributed by atoms with van der Waals surface area (Å²) < 4.78 is 37.1. The van der Waals surface area contributed by atoms with E-state index >= 15 is 0 Å². The first-order valence-electron chi connectivity index (χ1n) is 8.76. The highest BCUT2D eigenvalue weighted by atomic mass is 35.5. The summed E-state index contributed by atoms with van der Waals surface area (Å²) in [6, 6.07) is 12.1. The van der Waals surface area contributed by atoms with Gasteiger partial charge in [0.2, 0.25) is 0 Å². The molecule has 0 aliphatic rings. The van der Waals surface area contributed by atoms with Crippen molar-refractivity contribution in [2.45, 2.75) is 25.2 Å². The van der Waals surface area contributed by atoms with Crippen molar-refractivity contribution in [2.75, 3.05) is 11.4 Å². The summed E-state index contributed by atoms with van der Waals surface area (Å²) in [6.07, 6.45) is 0.536. The maximum atomic E-state index is 12.8. The summed E-state index contributed by atoms with van der Waals surface area (Å²) in [4.78, 5) is 12.5. The zero-order chi connectivity index (χ0) is 21.2. The molecule has 7 nitrogen and oxygen atoms in total. The number of benzene rings is 2. The quantitative estimate of drug-likeness (QED) is 0.425. The number of esters is 1. The smallest absolute Gasteiger partial charge is 0.349 e. The van der Waals surface area contributed by atoms with Crippen LogP contribution in [0.25, 0.3) is 0 Å². The summed E-state index contributed by atoms with van der Waals surface area (Å²) >= 11 is 5.82. The number of sulfonamides is 1. The number of nitrogens with zero attached hydrogens (tertiary/aromatic N) is 2. The number of halogens is 1. The standard InChI is InChI=1S/C20H19ClN2O5S/c1-4-18-19(13(2)28-22-18)20(24)27-16-9-7-15(8-10-16)23(3)29(25,26)17-11-5-14(21)6-12-17/h5-12H,4H2,1-3H3. The van der Waals surface area contributed by atoms with E-state index in [1.165, 1.54) is 43.4 Å². The lowest BCUT2D eigenvalue weighted by Gasteiger charge is -2.19. The molecule has 0 amide bonds. The lowest BCUT2D eigenvalue weighted by Crippen LogP contribution is -2.26. The molecule has 152 valence electrons. The first-order valence-corrected chi connectivity index (χ1v) is 10.6. The van der Waals surface area contributed by atoms with Crippen molar-refractivity contribution in [3.05, 3.63) is 70.6 Å². The molecule has 29 heavy (non-hydrogen) atoms. The van der Waals surface area contributed by atoms with E-state index in [2.05, 4.69) is 5.16 Å². The third-order valence-corrected chi connectivity index (χ3v) is 6.41. The molecular weight excluding hydrogens is 416 g/mol. The predicted molar refractivity (Wildman–Crippen MR) is 109 cm³/mol. The van der Waals surface area contributed by atoms with Crippen molar-refractivity contribution in [1.29, 1.82) is 0 Å². The second-order valence-electron chi connectivity index (χ2n) is 6.22. The Morgan fingerprint density at radius 2 is 1.76 bits per heavy atom. The van der Waals surface area contributed by atoms with Crippen molar-refractivity contribution < 1.29 is 22.5 Å². The van der Waals surface area contributed by atoms with Crippen LogP contribution in [0.2, 0.25) is 5.02 Å². The van der Waals surface area contributed by atoms with Gasteiger partial charge in [-0.05, 0) is 61.9 Å². The number of carbonyl (C=O) groups excluding carboxylic acids is 1. The second-order valence-corrected chi connectivity index (χ2v) is 8.63. The molecule has 3 aromatic rings. The minimum Gasteiger partial charge on any atom is -0.423 e. The van der Waals surface area contributed by atoms with Gasteiger partial charge in [-0.25, -0.2) is 13.2 Å². The molecule has 0 atom stereocenters. The fraction of sp³-hybridized carbons (Fsp3) is 0.200. The van der Waals surface area contributed by atoms with Gasteiger partial charge >= 0.3 is 5.97 Å². The molecule has 0 spiro atoms. The first-order chi connectivity index (χ1) is 13.7. The van der Waals surface area contributed by atoms with Gasteiger partial charge in [0, 0.05) is 12.1 Å². The van der Waals surface area contributed by atoms with Crippen molar-refractivity contribution in [1.82, 2.24) is 5.16 Å². The summed E-state index contributed by atoms with van der Waals surface area (Å²) in [5.41, 5.74) is 1.24. The van der Waals surface area contributed by atoms with Gasteiger partial charge in [-0.3, -0.25) is 4.31 Å². The maximum Gasteiger partial charge on any atom is 0.349 e. The monoisotopic (exact) mass is 434 g/mol. The van der Waals surface area contributed by atoms with Gasteiger partial charge in [0.05, 0.1) is 16.3 Å². The Bertz CT molecular complexity index is 1120. The van der Waals surface area contributed by atoms with Gasteiger partial charge in [-0.2, -0.15) is 0 Å². The molecule has 0 unspecified atom stereocenters. The molecule has 0 N–H and O–H groups in total. The highest BCUT2D eigenvalue weighted by Crippen LogP contribution is 2.26.